The van der Waals surface area contributed by atoms with Crippen LogP contribution in [-0.2, 0) is 10.9 Å². The van der Waals surface area contributed by atoms with Crippen LogP contribution in [0.4, 0.5) is 5.69 Å². The molecule has 0 saturated carbocycles. The molecule has 0 amide bonds. The van der Waals surface area contributed by atoms with Gasteiger partial charge < -0.3 is 9.19 Å². The lowest BCUT2D eigenvalue weighted by Crippen LogP contribution is -2.27. The predicted molar refractivity (Wildman–Crippen MR) is 89.4 cm³/mol. The van der Waals surface area contributed by atoms with Gasteiger partial charge in [0.05, 0.1) is 0 Å². The second-order valence-electron chi connectivity index (χ2n) is 5.27. The Hall–Kier alpha value is -1.41. The molecule has 1 aliphatic rings. The molecule has 3 nitrogen and oxygen atoms in total. The quantitative estimate of drug-likeness (QED) is 0.796. The monoisotopic (exact) mass is 300 g/mol. The van der Waals surface area contributed by atoms with Crippen molar-refractivity contribution >= 4 is 14.1 Å². The van der Waals surface area contributed by atoms with Crippen LogP contribution in [0, 0.1) is 0 Å². The average molecular weight is 300 g/mol. The van der Waals surface area contributed by atoms with Crippen molar-refractivity contribution in [3.05, 3.63) is 66.2 Å². The van der Waals surface area contributed by atoms with Gasteiger partial charge in [0.1, 0.15) is 0 Å². The summed E-state index contributed by atoms with van der Waals surface area (Å²) >= 11 is 0. The first-order valence-corrected chi connectivity index (χ1v) is 8.39. The lowest BCUT2D eigenvalue weighted by molar-refractivity contribution is 0.371. The molecule has 3 rings (SSSR count). The molecule has 0 aliphatic carbocycles. The van der Waals surface area contributed by atoms with Crippen molar-refractivity contribution in [3.8, 4) is 0 Å². The van der Waals surface area contributed by atoms with Gasteiger partial charge in [0, 0.05) is 25.4 Å². The van der Waals surface area contributed by atoms with E-state index in [4.69, 9.17) is 4.52 Å². The van der Waals surface area contributed by atoms with Crippen LogP contribution in [0.3, 0.4) is 0 Å². The van der Waals surface area contributed by atoms with Crippen LogP contribution < -0.4 is 4.67 Å². The molecule has 1 unspecified atom stereocenters. The largest absolute Gasteiger partial charge is 0.330 e. The summed E-state index contributed by atoms with van der Waals surface area (Å²) in [7, 11) is 3.27. The summed E-state index contributed by atoms with van der Waals surface area (Å²) < 4.78 is 10.6. The van der Waals surface area contributed by atoms with Crippen molar-refractivity contribution in [2.24, 2.45) is 0 Å². The van der Waals surface area contributed by atoms with E-state index in [2.05, 4.69) is 77.1 Å². The third-order valence-electron chi connectivity index (χ3n) is 3.92. The molecule has 2 atom stereocenters. The Balaban J connectivity index is 1.79. The van der Waals surface area contributed by atoms with Gasteiger partial charge in [-0.05, 0) is 31.2 Å². The van der Waals surface area contributed by atoms with E-state index in [1.54, 1.807) is 0 Å². The van der Waals surface area contributed by atoms with Gasteiger partial charge in [-0.1, -0.05) is 48.5 Å². The summed E-state index contributed by atoms with van der Waals surface area (Å²) in [6.45, 7) is 1.01. The molecule has 1 heterocycles. The molecule has 0 aromatic heterocycles. The molecule has 4 heteroatoms. The first-order chi connectivity index (χ1) is 10.3. The van der Waals surface area contributed by atoms with Crippen LogP contribution >= 0.6 is 8.45 Å². The van der Waals surface area contributed by atoms with Crippen molar-refractivity contribution in [3.63, 3.8) is 0 Å². The zero-order chi connectivity index (χ0) is 14.7. The molecule has 110 valence electrons. The maximum Gasteiger partial charge on any atom is 0.217 e. The minimum absolute atomic E-state index is 0.485. The Labute approximate surface area is 128 Å². The van der Waals surface area contributed by atoms with Gasteiger partial charge in [0.15, 0.2) is 0 Å². The average Bonchev–Trinajstić information content (AvgIpc) is 2.85. The third kappa shape index (κ3) is 3.11. The zero-order valence-corrected chi connectivity index (χ0v) is 13.4. The molecule has 0 spiro atoms. The maximum atomic E-state index is 5.78. The Morgan fingerprint density at radius 3 is 2.29 bits per heavy atom. The summed E-state index contributed by atoms with van der Waals surface area (Å²) in [6, 6.07) is 21.7. The topological polar surface area (TPSA) is 15.7 Å². The summed E-state index contributed by atoms with van der Waals surface area (Å²) in [5.74, 6) is 0. The molecule has 0 N–H and O–H groups in total. The summed E-state index contributed by atoms with van der Waals surface area (Å²) in [5, 5.41) is 0. The fourth-order valence-electron chi connectivity index (χ4n) is 2.81. The van der Waals surface area contributed by atoms with E-state index in [0.29, 0.717) is 6.04 Å². The smallest absolute Gasteiger partial charge is 0.217 e. The number of nitrogens with zero attached hydrogens (tertiary/aromatic N) is 2. The van der Waals surface area contributed by atoms with E-state index in [1.165, 1.54) is 11.3 Å². The Kier molecular flexibility index (Phi) is 4.54. The lowest BCUT2D eigenvalue weighted by atomic mass is 10.1. The van der Waals surface area contributed by atoms with E-state index in [0.717, 1.165) is 13.0 Å². The summed E-state index contributed by atoms with van der Waals surface area (Å²) in [5.41, 5.74) is 2.63. The second kappa shape index (κ2) is 6.57. The molecule has 0 radical (unpaired) electrons. The van der Waals surface area contributed by atoms with E-state index < -0.39 is 8.45 Å². The fraction of sp³-hybridized carbons (Fsp3) is 0.294. The Bertz CT molecular complexity index is 564. The highest BCUT2D eigenvalue weighted by molar-refractivity contribution is 7.52. The summed E-state index contributed by atoms with van der Waals surface area (Å²) in [6.07, 6.45) is 1.06. The van der Waals surface area contributed by atoms with E-state index in [-0.39, 0.29) is 0 Å². The van der Waals surface area contributed by atoms with Crippen molar-refractivity contribution in [1.82, 2.24) is 4.67 Å². The molecule has 1 fully saturated rings. The second-order valence-corrected chi connectivity index (χ2v) is 7.25. The molecule has 1 saturated heterocycles. The summed E-state index contributed by atoms with van der Waals surface area (Å²) in [4.78, 5) is 0. The highest BCUT2D eigenvalue weighted by Crippen LogP contribution is 2.52. The number of para-hydroxylation sites is 1. The Morgan fingerprint density at radius 2 is 1.67 bits per heavy atom. The minimum atomic E-state index is -0.713. The molecule has 2 aromatic carbocycles. The van der Waals surface area contributed by atoms with Gasteiger partial charge in [-0.2, -0.15) is 0 Å². The first kappa shape index (κ1) is 14.5. The van der Waals surface area contributed by atoms with Crippen LogP contribution in [-0.4, -0.2) is 31.4 Å². The minimum Gasteiger partial charge on any atom is -0.330 e. The molecular weight excluding hydrogens is 279 g/mol. The predicted octanol–water partition coefficient (Wildman–Crippen LogP) is 3.92. The number of likely N-dealkylation sites (N-methyl/N-ethyl adjacent to an activating group) is 1. The lowest BCUT2D eigenvalue weighted by Gasteiger charge is -2.26. The van der Waals surface area contributed by atoms with Crippen molar-refractivity contribution < 1.29 is 4.52 Å². The van der Waals surface area contributed by atoms with Gasteiger partial charge in [-0.3, -0.25) is 0 Å². The van der Waals surface area contributed by atoms with E-state index in [1.807, 2.05) is 7.11 Å². The van der Waals surface area contributed by atoms with E-state index in [9.17, 15) is 0 Å². The molecule has 1 aliphatic heterocycles. The first-order valence-electron chi connectivity index (χ1n) is 7.23. The zero-order valence-electron chi connectivity index (χ0n) is 12.5. The third-order valence-corrected chi connectivity index (χ3v) is 5.92. The molecular formula is C17H21N2OP. The number of hydrogen-bond acceptors (Lipinski definition) is 3. The highest BCUT2D eigenvalue weighted by Gasteiger charge is 2.38. The van der Waals surface area contributed by atoms with Crippen molar-refractivity contribution in [2.45, 2.75) is 12.5 Å². The van der Waals surface area contributed by atoms with Crippen LogP contribution in [0.1, 0.15) is 5.56 Å². The van der Waals surface area contributed by atoms with Crippen LogP contribution in [0.2, 0.25) is 0 Å². The Morgan fingerprint density at radius 1 is 1.05 bits per heavy atom. The molecule has 21 heavy (non-hydrogen) atoms. The van der Waals surface area contributed by atoms with Gasteiger partial charge in [-0.15, -0.1) is 0 Å². The molecule has 0 bridgehead atoms. The van der Waals surface area contributed by atoms with Gasteiger partial charge in [-0.25, -0.2) is 4.67 Å². The fourth-order valence-corrected chi connectivity index (χ4v) is 4.70. The van der Waals surface area contributed by atoms with E-state index >= 15 is 0 Å². The van der Waals surface area contributed by atoms with Gasteiger partial charge >= 0.3 is 0 Å². The van der Waals surface area contributed by atoms with Gasteiger partial charge in [0.2, 0.25) is 8.45 Å². The van der Waals surface area contributed by atoms with Crippen molar-refractivity contribution in [2.75, 3.05) is 25.4 Å². The maximum absolute atomic E-state index is 5.78. The SMILES string of the molecule is COP1N(c2ccccc2)C[C@H](Cc2ccccc2)N1C. The highest BCUT2D eigenvalue weighted by atomic mass is 31.2. The number of hydrogen-bond donors (Lipinski definition) is 0. The number of rotatable bonds is 4. The number of anilines is 1. The standard InChI is InChI=1S/C17H21N2OP/c1-18-17(13-15-9-5-3-6-10-15)14-19(21(18)20-2)16-11-7-4-8-12-16/h3-12,17H,13-14H2,1-2H3/t17-,21?/m0/s1. The normalized spacial score (nSPS) is 22.7. The van der Waals surface area contributed by atoms with Gasteiger partial charge in [0.25, 0.3) is 0 Å². The van der Waals surface area contributed by atoms with Crippen LogP contribution in [0.25, 0.3) is 0 Å². The van der Waals surface area contributed by atoms with Crippen LogP contribution in [0.5, 0.6) is 0 Å². The number of benzene rings is 2. The molecule has 2 aromatic rings. The van der Waals surface area contributed by atoms with Crippen LogP contribution in [0.15, 0.2) is 60.7 Å². The van der Waals surface area contributed by atoms with Crippen molar-refractivity contribution in [1.29, 1.82) is 0 Å².